The van der Waals surface area contributed by atoms with E-state index >= 15 is 0 Å². The summed E-state index contributed by atoms with van der Waals surface area (Å²) in [5.74, 6) is -0.558. The maximum Gasteiger partial charge on any atom is 0.264 e. The predicted octanol–water partition coefficient (Wildman–Crippen LogP) is 4.52. The van der Waals surface area contributed by atoms with Crippen molar-refractivity contribution >= 4 is 39.9 Å². The molecule has 0 aliphatic carbocycles. The molecule has 10 heteroatoms. The number of methoxy groups -OCH3 is 1. The Hall–Kier alpha value is -5.38. The number of amides is 3. The topological polar surface area (TPSA) is 107 Å². The third kappa shape index (κ3) is 4.28. The van der Waals surface area contributed by atoms with E-state index in [4.69, 9.17) is 9.84 Å². The summed E-state index contributed by atoms with van der Waals surface area (Å²) in [6.45, 7) is -0.256. The molecule has 3 aliphatic heterocycles. The van der Waals surface area contributed by atoms with Gasteiger partial charge in [-0.1, -0.05) is 72.0 Å². The Morgan fingerprint density at radius 1 is 0.881 bits per heavy atom. The summed E-state index contributed by atoms with van der Waals surface area (Å²) in [6, 6.07) is 28.1. The standard InChI is InChI=1S/C32H26N6O4/c1-42-25-15-13-21(14-16-25)27-18-26(23-12-11-20-7-5-6-8-22(20)17-23)34-38(27)28(39)19-36-30-29(33-35-36)31(40)37(32(30)41)24-9-3-2-4-10-24/h2-17,27,29-30H,18-19H2,1H3/t27-,29-,30-/m0/s1. The Labute approximate surface area is 241 Å². The van der Waals surface area contributed by atoms with Crippen LogP contribution in [0.2, 0.25) is 0 Å². The SMILES string of the molecule is COc1ccc([C@@H]2CC(c3ccc4ccccc4c3)=NN2C(=O)CN2N=N[C@@H]3C(=O)N(c4ccccc4)C(=O)[C@H]32)cc1. The molecule has 0 saturated carbocycles. The van der Waals surface area contributed by atoms with Crippen LogP contribution in [-0.2, 0) is 14.4 Å². The zero-order valence-corrected chi connectivity index (χ0v) is 22.7. The molecule has 0 N–H and O–H groups in total. The minimum atomic E-state index is -0.988. The zero-order valence-electron chi connectivity index (χ0n) is 22.7. The number of hydrazone groups is 1. The highest BCUT2D eigenvalue weighted by Crippen LogP contribution is 2.36. The summed E-state index contributed by atoms with van der Waals surface area (Å²) in [6.07, 6.45) is 0.503. The van der Waals surface area contributed by atoms with Gasteiger partial charge in [-0.25, -0.2) is 9.91 Å². The first-order valence-corrected chi connectivity index (χ1v) is 13.6. The maximum atomic E-state index is 13.9. The molecule has 3 aliphatic rings. The largest absolute Gasteiger partial charge is 0.497 e. The van der Waals surface area contributed by atoms with E-state index in [-0.39, 0.29) is 18.5 Å². The highest BCUT2D eigenvalue weighted by molar-refractivity contribution is 6.25. The van der Waals surface area contributed by atoms with Crippen LogP contribution in [0.25, 0.3) is 10.8 Å². The van der Waals surface area contributed by atoms with E-state index in [9.17, 15) is 14.4 Å². The van der Waals surface area contributed by atoms with Crippen molar-refractivity contribution in [3.05, 3.63) is 108 Å². The molecule has 3 heterocycles. The van der Waals surface area contributed by atoms with Gasteiger partial charge in [-0.05, 0) is 52.2 Å². The van der Waals surface area contributed by atoms with Crippen molar-refractivity contribution in [2.75, 3.05) is 18.6 Å². The molecule has 0 aromatic heterocycles. The lowest BCUT2D eigenvalue weighted by Gasteiger charge is -2.25. The number of hydrogen-bond donors (Lipinski definition) is 0. The average Bonchev–Trinajstić information content (AvgIpc) is 3.72. The van der Waals surface area contributed by atoms with Crippen LogP contribution >= 0.6 is 0 Å². The second kappa shape index (κ2) is 10.2. The number of carbonyl (C=O) groups excluding carboxylic acids is 3. The fourth-order valence-corrected chi connectivity index (χ4v) is 5.77. The van der Waals surface area contributed by atoms with E-state index in [1.807, 2.05) is 60.7 Å². The third-order valence-electron chi connectivity index (χ3n) is 7.92. The molecule has 0 bridgehead atoms. The van der Waals surface area contributed by atoms with Gasteiger partial charge >= 0.3 is 0 Å². The van der Waals surface area contributed by atoms with E-state index in [2.05, 4.69) is 22.5 Å². The van der Waals surface area contributed by atoms with Crippen molar-refractivity contribution in [3.63, 3.8) is 0 Å². The number of benzene rings is 4. The van der Waals surface area contributed by atoms with E-state index in [0.717, 1.165) is 32.5 Å². The van der Waals surface area contributed by atoms with Crippen LogP contribution in [0.4, 0.5) is 5.69 Å². The van der Waals surface area contributed by atoms with Crippen molar-refractivity contribution in [2.24, 2.45) is 15.4 Å². The molecule has 208 valence electrons. The molecule has 0 radical (unpaired) electrons. The molecular formula is C32H26N6O4. The quantitative estimate of drug-likeness (QED) is 0.324. The van der Waals surface area contributed by atoms with Crippen molar-refractivity contribution < 1.29 is 19.1 Å². The first-order chi connectivity index (χ1) is 20.5. The second-order valence-electron chi connectivity index (χ2n) is 10.4. The van der Waals surface area contributed by atoms with E-state index < -0.39 is 23.9 Å². The van der Waals surface area contributed by atoms with Gasteiger partial charge in [-0.15, -0.1) is 0 Å². The first kappa shape index (κ1) is 25.6. The van der Waals surface area contributed by atoms with Gasteiger partial charge in [0.1, 0.15) is 12.3 Å². The van der Waals surface area contributed by atoms with Crippen LogP contribution in [-0.4, -0.2) is 59.2 Å². The summed E-state index contributed by atoms with van der Waals surface area (Å²) < 4.78 is 5.32. The van der Waals surface area contributed by atoms with Gasteiger partial charge in [0.2, 0.25) is 0 Å². The fraction of sp³-hybridized carbons (Fsp3) is 0.188. The molecular weight excluding hydrogens is 532 g/mol. The number of ether oxygens (including phenoxy) is 1. The van der Waals surface area contributed by atoms with Crippen molar-refractivity contribution in [1.29, 1.82) is 0 Å². The van der Waals surface area contributed by atoms with Crippen LogP contribution in [0.3, 0.4) is 0 Å². The molecule has 3 amide bonds. The van der Waals surface area contributed by atoms with E-state index in [1.54, 1.807) is 31.4 Å². The number of carbonyl (C=O) groups is 3. The molecule has 7 rings (SSSR count). The number of para-hydroxylation sites is 1. The number of rotatable bonds is 6. The van der Waals surface area contributed by atoms with Crippen LogP contribution in [0.1, 0.15) is 23.6 Å². The summed E-state index contributed by atoms with van der Waals surface area (Å²) in [4.78, 5) is 41.4. The normalized spacial score (nSPS) is 21.3. The number of imide groups is 1. The smallest absolute Gasteiger partial charge is 0.264 e. The molecule has 3 atom stereocenters. The van der Waals surface area contributed by atoms with Crippen LogP contribution in [0.15, 0.2) is 113 Å². The minimum Gasteiger partial charge on any atom is -0.497 e. The molecule has 4 aromatic rings. The summed E-state index contributed by atoms with van der Waals surface area (Å²) in [7, 11) is 1.60. The molecule has 4 aromatic carbocycles. The van der Waals surface area contributed by atoms with Gasteiger partial charge in [-0.3, -0.25) is 19.4 Å². The van der Waals surface area contributed by atoms with Crippen LogP contribution < -0.4 is 9.64 Å². The van der Waals surface area contributed by atoms with Crippen LogP contribution in [0.5, 0.6) is 5.75 Å². The number of anilines is 1. The lowest BCUT2D eigenvalue weighted by atomic mass is 9.97. The Bertz CT molecular complexity index is 1770. The molecule has 1 saturated heterocycles. The summed E-state index contributed by atoms with van der Waals surface area (Å²) in [5.41, 5.74) is 3.07. The summed E-state index contributed by atoms with van der Waals surface area (Å²) in [5, 5.41) is 17.9. The van der Waals surface area contributed by atoms with Gasteiger partial charge in [0, 0.05) is 6.42 Å². The predicted molar refractivity (Wildman–Crippen MR) is 156 cm³/mol. The van der Waals surface area contributed by atoms with Crippen LogP contribution in [0, 0.1) is 0 Å². The zero-order chi connectivity index (χ0) is 28.8. The highest BCUT2D eigenvalue weighted by Gasteiger charge is 2.55. The Balaban J connectivity index is 1.18. The van der Waals surface area contributed by atoms with Crippen molar-refractivity contribution in [2.45, 2.75) is 24.5 Å². The number of hydrogen-bond acceptors (Lipinski definition) is 8. The lowest BCUT2D eigenvalue weighted by molar-refractivity contribution is -0.135. The Morgan fingerprint density at radius 3 is 2.38 bits per heavy atom. The van der Waals surface area contributed by atoms with Crippen molar-refractivity contribution in [3.8, 4) is 5.75 Å². The Morgan fingerprint density at radius 2 is 1.62 bits per heavy atom. The highest BCUT2D eigenvalue weighted by atomic mass is 16.5. The average molecular weight is 559 g/mol. The van der Waals surface area contributed by atoms with Gasteiger partial charge in [0.15, 0.2) is 12.1 Å². The monoisotopic (exact) mass is 558 g/mol. The molecule has 0 spiro atoms. The molecule has 42 heavy (non-hydrogen) atoms. The molecule has 10 nitrogen and oxygen atoms in total. The minimum absolute atomic E-state index is 0.256. The first-order valence-electron chi connectivity index (χ1n) is 13.6. The van der Waals surface area contributed by atoms with Gasteiger partial charge < -0.3 is 4.74 Å². The fourth-order valence-electron chi connectivity index (χ4n) is 5.77. The number of nitrogens with zero attached hydrogens (tertiary/aromatic N) is 6. The molecule has 1 fully saturated rings. The lowest BCUT2D eigenvalue weighted by Crippen LogP contribution is -2.44. The third-order valence-corrected chi connectivity index (χ3v) is 7.92. The summed E-state index contributed by atoms with van der Waals surface area (Å²) >= 11 is 0. The van der Waals surface area contributed by atoms with E-state index in [1.165, 1.54) is 10.0 Å². The number of fused-ring (bicyclic) bond motifs is 2. The molecule has 0 unspecified atom stereocenters. The maximum absolute atomic E-state index is 13.9. The Kier molecular flexibility index (Phi) is 6.23. The second-order valence-corrected chi connectivity index (χ2v) is 10.4. The van der Waals surface area contributed by atoms with Gasteiger partial charge in [0.25, 0.3) is 17.7 Å². The van der Waals surface area contributed by atoms with Gasteiger partial charge in [0.05, 0.1) is 24.6 Å². The van der Waals surface area contributed by atoms with E-state index in [0.29, 0.717) is 17.9 Å². The van der Waals surface area contributed by atoms with Gasteiger partial charge in [-0.2, -0.15) is 10.2 Å². The van der Waals surface area contributed by atoms with Crippen molar-refractivity contribution in [1.82, 2.24) is 10.0 Å².